The van der Waals surface area contributed by atoms with Gasteiger partial charge in [-0.2, -0.15) is 0 Å². The van der Waals surface area contributed by atoms with Crippen LogP contribution in [0.25, 0.3) is 0 Å². The monoisotopic (exact) mass is 297 g/mol. The highest BCUT2D eigenvalue weighted by Gasteiger charge is 2.18. The summed E-state index contributed by atoms with van der Waals surface area (Å²) in [5, 5.41) is 17.7. The molecule has 2 N–H and O–H groups in total. The molecule has 0 saturated carbocycles. The summed E-state index contributed by atoms with van der Waals surface area (Å²) in [6.45, 7) is -0.160. The number of methoxy groups -OCH3 is 2. The van der Waals surface area contributed by atoms with Gasteiger partial charge in [-0.05, 0) is 12.1 Å². The van der Waals surface area contributed by atoms with Crippen molar-refractivity contribution >= 4 is 11.9 Å². The first-order chi connectivity index (χ1) is 10.0. The summed E-state index contributed by atoms with van der Waals surface area (Å²) < 4.78 is 10.2. The molecule has 116 valence electrons. The standard InChI is InChI=1S/C14H19NO6/c1-20-11-7-10(8-12(9-11)21-2)14(19)15(5-6-16)4-3-13(17)18/h7-9,16H,3-6H2,1-2H3,(H,17,18). The Hall–Kier alpha value is -2.28. The fraction of sp³-hybridized carbons (Fsp3) is 0.429. The van der Waals surface area contributed by atoms with E-state index in [1.807, 2.05) is 0 Å². The second kappa shape index (κ2) is 8.11. The van der Waals surface area contributed by atoms with Gasteiger partial charge < -0.3 is 24.6 Å². The number of amides is 1. The van der Waals surface area contributed by atoms with Crippen molar-refractivity contribution in [3.8, 4) is 11.5 Å². The van der Waals surface area contributed by atoms with E-state index in [9.17, 15) is 9.59 Å². The normalized spacial score (nSPS) is 10.0. The molecule has 1 amide bonds. The molecule has 0 aromatic heterocycles. The maximum atomic E-state index is 12.4. The topological polar surface area (TPSA) is 96.3 Å². The number of carbonyl (C=O) groups excluding carboxylic acids is 1. The van der Waals surface area contributed by atoms with Crippen LogP contribution in [0.5, 0.6) is 11.5 Å². The molecule has 1 aromatic rings. The van der Waals surface area contributed by atoms with Gasteiger partial charge in [0.25, 0.3) is 5.91 Å². The maximum Gasteiger partial charge on any atom is 0.305 e. The van der Waals surface area contributed by atoms with Crippen molar-refractivity contribution in [3.05, 3.63) is 23.8 Å². The van der Waals surface area contributed by atoms with Crippen molar-refractivity contribution in [2.45, 2.75) is 6.42 Å². The highest BCUT2D eigenvalue weighted by atomic mass is 16.5. The van der Waals surface area contributed by atoms with Crippen LogP contribution >= 0.6 is 0 Å². The van der Waals surface area contributed by atoms with E-state index in [4.69, 9.17) is 19.7 Å². The van der Waals surface area contributed by atoms with Crippen LogP contribution in [0.4, 0.5) is 0 Å². The smallest absolute Gasteiger partial charge is 0.305 e. The largest absolute Gasteiger partial charge is 0.497 e. The highest BCUT2D eigenvalue weighted by Crippen LogP contribution is 2.23. The second-order valence-electron chi connectivity index (χ2n) is 4.26. The van der Waals surface area contributed by atoms with Crippen LogP contribution in [-0.2, 0) is 4.79 Å². The maximum absolute atomic E-state index is 12.4. The Labute approximate surface area is 122 Å². The summed E-state index contributed by atoms with van der Waals surface area (Å²) in [6, 6.07) is 4.70. The molecule has 0 fully saturated rings. The van der Waals surface area contributed by atoms with Crippen LogP contribution in [0.3, 0.4) is 0 Å². The lowest BCUT2D eigenvalue weighted by atomic mass is 10.1. The van der Waals surface area contributed by atoms with E-state index in [0.717, 1.165) is 0 Å². The van der Waals surface area contributed by atoms with Crippen molar-refractivity contribution in [2.24, 2.45) is 0 Å². The van der Waals surface area contributed by atoms with Crippen LogP contribution in [0.2, 0.25) is 0 Å². The van der Waals surface area contributed by atoms with E-state index in [1.54, 1.807) is 6.07 Å². The Morgan fingerprint density at radius 1 is 1.10 bits per heavy atom. The summed E-state index contributed by atoms with van der Waals surface area (Å²) in [5.41, 5.74) is 0.310. The fourth-order valence-electron chi connectivity index (χ4n) is 1.78. The van der Waals surface area contributed by atoms with Crippen molar-refractivity contribution in [3.63, 3.8) is 0 Å². The molecule has 0 saturated heterocycles. The van der Waals surface area contributed by atoms with Crippen molar-refractivity contribution in [1.82, 2.24) is 4.90 Å². The van der Waals surface area contributed by atoms with Crippen molar-refractivity contribution < 1.29 is 29.3 Å². The first kappa shape index (κ1) is 16.8. The molecular weight excluding hydrogens is 278 g/mol. The van der Waals surface area contributed by atoms with Gasteiger partial charge in [0.2, 0.25) is 0 Å². The van der Waals surface area contributed by atoms with Gasteiger partial charge in [-0.15, -0.1) is 0 Å². The molecule has 0 unspecified atom stereocenters. The molecule has 7 nitrogen and oxygen atoms in total. The van der Waals surface area contributed by atoms with E-state index in [1.165, 1.54) is 31.3 Å². The third-order valence-corrected chi connectivity index (χ3v) is 2.85. The predicted molar refractivity (Wildman–Crippen MR) is 74.8 cm³/mol. The minimum Gasteiger partial charge on any atom is -0.497 e. The lowest BCUT2D eigenvalue weighted by Gasteiger charge is -2.21. The number of carboxylic acid groups (broad SMARTS) is 1. The molecule has 7 heteroatoms. The zero-order chi connectivity index (χ0) is 15.8. The highest BCUT2D eigenvalue weighted by molar-refractivity contribution is 5.95. The number of carboxylic acids is 1. The van der Waals surface area contributed by atoms with Gasteiger partial charge in [-0.1, -0.05) is 0 Å². The number of hydrogen-bond donors (Lipinski definition) is 2. The van der Waals surface area contributed by atoms with Gasteiger partial charge >= 0.3 is 5.97 Å². The Balaban J connectivity index is 2.98. The second-order valence-corrected chi connectivity index (χ2v) is 4.26. The van der Waals surface area contributed by atoms with E-state index in [0.29, 0.717) is 17.1 Å². The third-order valence-electron chi connectivity index (χ3n) is 2.85. The fourth-order valence-corrected chi connectivity index (χ4v) is 1.78. The molecular formula is C14H19NO6. The number of aliphatic hydroxyl groups is 1. The number of aliphatic hydroxyl groups excluding tert-OH is 1. The summed E-state index contributed by atoms with van der Waals surface area (Å²) in [4.78, 5) is 24.3. The van der Waals surface area contributed by atoms with Crippen LogP contribution in [0.1, 0.15) is 16.8 Å². The molecule has 0 heterocycles. The number of benzene rings is 1. The molecule has 0 aliphatic carbocycles. The van der Waals surface area contributed by atoms with Crippen LogP contribution in [-0.4, -0.2) is 60.9 Å². The van der Waals surface area contributed by atoms with Gasteiger partial charge in [-0.25, -0.2) is 0 Å². The van der Waals surface area contributed by atoms with Gasteiger partial charge in [0.15, 0.2) is 0 Å². The van der Waals surface area contributed by atoms with E-state index < -0.39 is 5.97 Å². The zero-order valence-electron chi connectivity index (χ0n) is 12.0. The summed E-state index contributed by atoms with van der Waals surface area (Å²) >= 11 is 0. The summed E-state index contributed by atoms with van der Waals surface area (Å²) in [6.07, 6.45) is -0.188. The van der Waals surface area contributed by atoms with Gasteiger partial charge in [0.1, 0.15) is 11.5 Å². The number of nitrogens with zero attached hydrogens (tertiary/aromatic N) is 1. The first-order valence-corrected chi connectivity index (χ1v) is 6.36. The molecule has 0 bridgehead atoms. The predicted octanol–water partition coefficient (Wildman–Crippen LogP) is 0.613. The molecule has 1 rings (SSSR count). The number of carbonyl (C=O) groups is 2. The number of ether oxygens (including phenoxy) is 2. The zero-order valence-corrected chi connectivity index (χ0v) is 12.0. The molecule has 0 radical (unpaired) electrons. The Bertz CT molecular complexity index is 480. The number of hydrogen-bond acceptors (Lipinski definition) is 5. The molecule has 21 heavy (non-hydrogen) atoms. The number of rotatable bonds is 8. The Kier molecular flexibility index (Phi) is 6.48. The molecule has 1 aromatic carbocycles. The molecule has 0 aliphatic rings. The number of aliphatic carboxylic acids is 1. The van der Waals surface area contributed by atoms with Gasteiger partial charge in [-0.3, -0.25) is 9.59 Å². The van der Waals surface area contributed by atoms with Crippen LogP contribution in [0.15, 0.2) is 18.2 Å². The quantitative estimate of drug-likeness (QED) is 0.730. The van der Waals surface area contributed by atoms with E-state index in [2.05, 4.69) is 0 Å². The minimum absolute atomic E-state index is 0.0221. The van der Waals surface area contributed by atoms with E-state index >= 15 is 0 Å². The van der Waals surface area contributed by atoms with Crippen LogP contribution < -0.4 is 9.47 Å². The minimum atomic E-state index is -1.01. The summed E-state index contributed by atoms with van der Waals surface area (Å²) in [5.74, 6) is -0.476. The average molecular weight is 297 g/mol. The van der Waals surface area contributed by atoms with Gasteiger partial charge in [0.05, 0.1) is 27.2 Å². The SMILES string of the molecule is COc1cc(OC)cc(C(=O)N(CCO)CCC(=O)O)c1. The Morgan fingerprint density at radius 3 is 2.10 bits per heavy atom. The Morgan fingerprint density at radius 2 is 1.67 bits per heavy atom. The molecule has 0 aliphatic heterocycles. The van der Waals surface area contributed by atoms with Crippen molar-refractivity contribution in [1.29, 1.82) is 0 Å². The molecule has 0 atom stereocenters. The summed E-state index contributed by atoms with van der Waals surface area (Å²) in [7, 11) is 2.94. The van der Waals surface area contributed by atoms with Gasteiger partial charge in [0, 0.05) is 24.7 Å². The first-order valence-electron chi connectivity index (χ1n) is 6.36. The average Bonchev–Trinajstić information content (AvgIpc) is 2.49. The van der Waals surface area contributed by atoms with Crippen LogP contribution in [0, 0.1) is 0 Å². The third kappa shape index (κ3) is 4.96. The van der Waals surface area contributed by atoms with E-state index in [-0.39, 0.29) is 32.0 Å². The lowest BCUT2D eigenvalue weighted by Crippen LogP contribution is -2.35. The van der Waals surface area contributed by atoms with Crippen molar-refractivity contribution in [2.75, 3.05) is 33.9 Å². The molecule has 0 spiro atoms. The lowest BCUT2D eigenvalue weighted by molar-refractivity contribution is -0.137.